The summed E-state index contributed by atoms with van der Waals surface area (Å²) in [5.41, 5.74) is 0.898. The van der Waals surface area contributed by atoms with Gasteiger partial charge in [0.25, 0.3) is 0 Å². The van der Waals surface area contributed by atoms with Gasteiger partial charge in [-0.1, -0.05) is 108 Å². The Balaban J connectivity index is 1.73. The van der Waals surface area contributed by atoms with Gasteiger partial charge in [0.2, 0.25) is 5.91 Å². The number of anilines is 1. The lowest BCUT2D eigenvalue weighted by Gasteiger charge is -2.15. The molecule has 0 aliphatic carbocycles. The van der Waals surface area contributed by atoms with Crippen LogP contribution in [0.2, 0.25) is 0 Å². The first kappa shape index (κ1) is 30.1. The van der Waals surface area contributed by atoms with E-state index in [0.29, 0.717) is 23.4 Å². The number of nitrogens with one attached hydrogen (secondary N) is 1. The Morgan fingerprint density at radius 3 is 1.97 bits per heavy atom. The average molecular weight is 510 g/mol. The van der Waals surface area contributed by atoms with Crippen LogP contribution in [0.4, 0.5) is 5.69 Å². The van der Waals surface area contributed by atoms with Crippen LogP contribution in [0, 0.1) is 5.92 Å². The van der Waals surface area contributed by atoms with Crippen LogP contribution in [0.5, 0.6) is 5.75 Å². The lowest BCUT2D eigenvalue weighted by molar-refractivity contribution is -0.140. The molecule has 6 nitrogen and oxygen atoms in total. The molecule has 2 rings (SSSR count). The van der Waals surface area contributed by atoms with Gasteiger partial charge in [0.05, 0.1) is 12.0 Å². The summed E-state index contributed by atoms with van der Waals surface area (Å²) in [7, 11) is 0. The number of carboxylic acid groups (broad SMARTS) is 1. The van der Waals surface area contributed by atoms with Crippen LogP contribution in [0.3, 0.4) is 0 Å². The first-order valence-corrected chi connectivity index (χ1v) is 13.9. The van der Waals surface area contributed by atoms with Crippen molar-refractivity contribution in [1.82, 2.24) is 0 Å². The minimum absolute atomic E-state index is 0.202. The summed E-state index contributed by atoms with van der Waals surface area (Å²) in [6.07, 6.45) is 15.0. The molecule has 1 atom stereocenters. The van der Waals surface area contributed by atoms with Crippen molar-refractivity contribution in [1.29, 1.82) is 0 Å². The normalized spacial score (nSPS) is 11.6. The van der Waals surface area contributed by atoms with Crippen molar-refractivity contribution < 1.29 is 24.2 Å². The molecule has 0 aliphatic rings. The first-order chi connectivity index (χ1) is 18.0. The molecule has 0 aliphatic heterocycles. The highest BCUT2D eigenvalue weighted by Crippen LogP contribution is 2.22. The van der Waals surface area contributed by atoms with Gasteiger partial charge in [0, 0.05) is 17.7 Å². The Morgan fingerprint density at radius 2 is 1.38 bits per heavy atom. The third-order valence-electron chi connectivity index (χ3n) is 6.52. The van der Waals surface area contributed by atoms with Crippen molar-refractivity contribution in [2.45, 2.75) is 96.8 Å². The van der Waals surface area contributed by atoms with E-state index in [1.54, 1.807) is 48.5 Å². The molecule has 2 aromatic carbocycles. The van der Waals surface area contributed by atoms with Crippen LogP contribution in [-0.2, 0) is 9.59 Å². The van der Waals surface area contributed by atoms with E-state index in [1.165, 1.54) is 57.8 Å². The number of unbranched alkanes of at least 4 members (excludes halogenated alkanes) is 11. The van der Waals surface area contributed by atoms with E-state index in [9.17, 15) is 19.5 Å². The zero-order valence-electron chi connectivity index (χ0n) is 22.3. The Labute approximate surface area is 221 Å². The quantitative estimate of drug-likeness (QED) is 0.114. The minimum Gasteiger partial charge on any atom is -0.481 e. The number of esters is 1. The summed E-state index contributed by atoms with van der Waals surface area (Å²) in [6, 6.07) is 15.2. The van der Waals surface area contributed by atoms with E-state index >= 15 is 0 Å². The van der Waals surface area contributed by atoms with Gasteiger partial charge >= 0.3 is 11.9 Å². The molecule has 0 saturated heterocycles. The smallest absolute Gasteiger partial charge is 0.343 e. The second-order valence-corrected chi connectivity index (χ2v) is 9.75. The van der Waals surface area contributed by atoms with Crippen molar-refractivity contribution >= 4 is 23.5 Å². The van der Waals surface area contributed by atoms with E-state index < -0.39 is 17.9 Å². The summed E-state index contributed by atoms with van der Waals surface area (Å²) in [4.78, 5) is 36.5. The maximum absolute atomic E-state index is 12.9. The number of hydrogen-bond acceptors (Lipinski definition) is 4. The molecular formula is C31H43NO5. The number of carbonyl (C=O) groups excluding carboxylic acids is 2. The molecule has 0 spiro atoms. The van der Waals surface area contributed by atoms with Crippen molar-refractivity contribution in [3.63, 3.8) is 0 Å². The van der Waals surface area contributed by atoms with Crippen molar-refractivity contribution in [3.05, 3.63) is 60.2 Å². The molecule has 0 radical (unpaired) electrons. The second kappa shape index (κ2) is 18.1. The van der Waals surface area contributed by atoms with Gasteiger partial charge in [-0.15, -0.1) is 0 Å². The van der Waals surface area contributed by atoms with Crippen LogP contribution in [0.15, 0.2) is 54.6 Å². The number of amides is 1. The van der Waals surface area contributed by atoms with Crippen molar-refractivity contribution in [2.75, 3.05) is 5.32 Å². The molecule has 0 heterocycles. The van der Waals surface area contributed by atoms with Crippen LogP contribution in [0.1, 0.15) is 107 Å². The van der Waals surface area contributed by atoms with Gasteiger partial charge in [-0.05, 0) is 30.7 Å². The third kappa shape index (κ3) is 13.1. The molecule has 1 amide bonds. The van der Waals surface area contributed by atoms with Gasteiger partial charge in [-0.2, -0.15) is 0 Å². The van der Waals surface area contributed by atoms with E-state index in [-0.39, 0.29) is 12.3 Å². The second-order valence-electron chi connectivity index (χ2n) is 9.75. The molecule has 0 saturated carbocycles. The van der Waals surface area contributed by atoms with Crippen LogP contribution in [-0.4, -0.2) is 23.0 Å². The van der Waals surface area contributed by atoms with E-state index in [0.717, 1.165) is 19.3 Å². The van der Waals surface area contributed by atoms with Gasteiger partial charge in [-0.25, -0.2) is 4.79 Å². The van der Waals surface area contributed by atoms with Gasteiger partial charge in [0.1, 0.15) is 5.75 Å². The minimum atomic E-state index is -0.982. The Bertz CT molecular complexity index is 944. The summed E-state index contributed by atoms with van der Waals surface area (Å²) in [5.74, 6) is -2.08. The number of ether oxygens (including phenoxy) is 1. The molecule has 1 unspecified atom stereocenters. The Hall–Kier alpha value is -3.15. The predicted octanol–water partition coefficient (Wildman–Crippen LogP) is 8.03. The summed E-state index contributed by atoms with van der Waals surface area (Å²) < 4.78 is 5.41. The molecule has 202 valence electrons. The van der Waals surface area contributed by atoms with E-state index in [2.05, 4.69) is 12.2 Å². The zero-order valence-corrected chi connectivity index (χ0v) is 22.3. The number of rotatable bonds is 19. The molecule has 2 N–H and O–H groups in total. The number of carbonyl (C=O) groups is 3. The summed E-state index contributed by atoms with van der Waals surface area (Å²) in [5, 5.41) is 12.1. The summed E-state index contributed by atoms with van der Waals surface area (Å²) >= 11 is 0. The van der Waals surface area contributed by atoms with Gasteiger partial charge in [-0.3, -0.25) is 9.59 Å². The molecule has 6 heteroatoms. The number of hydrogen-bond donors (Lipinski definition) is 2. The molecule has 0 fully saturated rings. The molecular weight excluding hydrogens is 466 g/mol. The average Bonchev–Trinajstić information content (AvgIpc) is 2.89. The monoisotopic (exact) mass is 509 g/mol. The number of carboxylic acids is 1. The van der Waals surface area contributed by atoms with Crippen molar-refractivity contribution in [3.8, 4) is 5.75 Å². The predicted molar refractivity (Wildman–Crippen MR) is 148 cm³/mol. The highest BCUT2D eigenvalue weighted by atomic mass is 16.5. The molecule has 37 heavy (non-hydrogen) atoms. The van der Waals surface area contributed by atoms with Crippen LogP contribution >= 0.6 is 0 Å². The Kier molecular flexibility index (Phi) is 14.8. The maximum Gasteiger partial charge on any atom is 0.343 e. The highest BCUT2D eigenvalue weighted by Gasteiger charge is 2.21. The lowest BCUT2D eigenvalue weighted by atomic mass is 9.96. The van der Waals surface area contributed by atoms with Gasteiger partial charge in [0.15, 0.2) is 0 Å². The fourth-order valence-electron chi connectivity index (χ4n) is 4.39. The standard InChI is InChI=1S/C31H43NO5/c1-2-3-4-5-6-7-8-9-10-11-12-14-20-26(23-29(33)34)30(35)32-27-21-17-22-28(24-27)37-31(36)25-18-15-13-16-19-25/h13,15-19,21-22,24,26H,2-12,14,20,23H2,1H3,(H,32,35)(H,33,34). The molecule has 0 bridgehead atoms. The fraction of sp³-hybridized carbons (Fsp3) is 0.516. The Morgan fingerprint density at radius 1 is 0.784 bits per heavy atom. The highest BCUT2D eigenvalue weighted by molar-refractivity contribution is 5.95. The molecule has 0 aromatic heterocycles. The van der Waals surface area contributed by atoms with Crippen LogP contribution < -0.4 is 10.1 Å². The van der Waals surface area contributed by atoms with Gasteiger partial charge < -0.3 is 15.2 Å². The largest absolute Gasteiger partial charge is 0.481 e. The summed E-state index contributed by atoms with van der Waals surface area (Å²) in [6.45, 7) is 2.24. The number of aliphatic carboxylic acids is 1. The SMILES string of the molecule is CCCCCCCCCCCCCCC(CC(=O)O)C(=O)Nc1cccc(OC(=O)c2ccccc2)c1. The van der Waals surface area contributed by atoms with Crippen molar-refractivity contribution in [2.24, 2.45) is 5.92 Å². The van der Waals surface area contributed by atoms with E-state index in [4.69, 9.17) is 4.74 Å². The lowest BCUT2D eigenvalue weighted by Crippen LogP contribution is -2.25. The molecule has 2 aromatic rings. The van der Waals surface area contributed by atoms with E-state index in [1.807, 2.05) is 6.07 Å². The number of benzene rings is 2. The fourth-order valence-corrected chi connectivity index (χ4v) is 4.39. The maximum atomic E-state index is 12.9. The third-order valence-corrected chi connectivity index (χ3v) is 6.52. The van der Waals surface area contributed by atoms with Crippen LogP contribution in [0.25, 0.3) is 0 Å². The zero-order chi connectivity index (χ0) is 26.7. The topological polar surface area (TPSA) is 92.7 Å². The first-order valence-electron chi connectivity index (χ1n) is 13.9.